The zero-order valence-corrected chi connectivity index (χ0v) is 50.3. The maximum atomic E-state index is 13.1. The first-order valence-electron chi connectivity index (χ1n) is 28.4. The first-order valence-corrected chi connectivity index (χ1v) is 29.1. The molecule has 0 atom stereocenters. The van der Waals surface area contributed by atoms with E-state index in [-0.39, 0.29) is 30.4 Å². The number of nitrogens with two attached hydrogens (primary N) is 2. The lowest BCUT2D eigenvalue weighted by Gasteiger charge is -2.39. The van der Waals surface area contributed by atoms with Crippen LogP contribution in [0.2, 0.25) is 0 Å². The Morgan fingerprint density at radius 1 is 0.500 bits per heavy atom. The maximum Gasteiger partial charge on any atom is 0.412 e. The zero-order valence-electron chi connectivity index (χ0n) is 48.8. The van der Waals surface area contributed by atoms with Crippen molar-refractivity contribution in [3.63, 3.8) is 0 Å². The van der Waals surface area contributed by atoms with Crippen LogP contribution in [0.4, 0.5) is 32.3 Å². The number of likely N-dealkylation sites (tertiary alicyclic amines) is 2. The van der Waals surface area contributed by atoms with Gasteiger partial charge in [-0.05, 0) is 229 Å². The highest BCUT2D eigenvalue weighted by Crippen LogP contribution is 2.40. The fraction of sp³-hybridized carbons (Fsp3) is 0.364. The molecule has 10 rings (SSSR count). The van der Waals surface area contributed by atoms with Gasteiger partial charge >= 0.3 is 12.2 Å². The van der Waals surface area contributed by atoms with Crippen molar-refractivity contribution in [2.24, 2.45) is 10.8 Å². The van der Waals surface area contributed by atoms with Crippen molar-refractivity contribution in [1.82, 2.24) is 20.4 Å². The van der Waals surface area contributed by atoms with Gasteiger partial charge in [-0.25, -0.2) is 9.59 Å². The molecular weight excluding hydrogens is 1100 g/mol. The number of nitrogen functional groups attached to an aromatic ring is 2. The third-order valence-electron chi connectivity index (χ3n) is 15.1. The van der Waals surface area contributed by atoms with E-state index in [1.165, 1.54) is 30.7 Å². The van der Waals surface area contributed by atoms with Crippen LogP contribution in [-0.4, -0.2) is 108 Å². The largest absolute Gasteiger partial charge is 0.444 e. The first-order chi connectivity index (χ1) is 39.9. The molecule has 0 aromatic heterocycles. The molecule has 4 fully saturated rings. The summed E-state index contributed by atoms with van der Waals surface area (Å²) in [6.07, 6.45) is 6.15. The third-order valence-corrected chi connectivity index (χ3v) is 15.6. The summed E-state index contributed by atoms with van der Waals surface area (Å²) in [5, 5.41) is 11.3. The SMILES string of the molecule is CC(C)(C)OC(=O)N1CCC2(CCNC2)CC1.CC(C)(C)OC(=O)Nc1ccc(-c2ccccc2)cc1N.Nc1ccc(-c2ccccc2)cc1NC(=O)c1ccc(C(=O)N2CCC3(CCNCC3)C2)cc1.O=C(Cl)c1ccc(C(=O)Cl)cc1.[2HH]. The number of anilines is 4. The highest BCUT2D eigenvalue weighted by atomic mass is 35.5. The summed E-state index contributed by atoms with van der Waals surface area (Å²) in [7, 11) is 0. The lowest BCUT2D eigenvalue weighted by Crippen LogP contribution is -2.45. The molecule has 4 aliphatic heterocycles. The van der Waals surface area contributed by atoms with Gasteiger partial charge in [-0.3, -0.25) is 24.5 Å². The Labute approximate surface area is 504 Å². The van der Waals surface area contributed by atoms with Crippen LogP contribution in [0, 0.1) is 10.8 Å². The Morgan fingerprint density at radius 2 is 0.976 bits per heavy atom. The van der Waals surface area contributed by atoms with E-state index in [0.29, 0.717) is 50.4 Å². The van der Waals surface area contributed by atoms with Crippen LogP contribution in [0.5, 0.6) is 0 Å². The summed E-state index contributed by atoms with van der Waals surface area (Å²) in [5.74, 6) is -0.215. The van der Waals surface area contributed by atoms with Gasteiger partial charge in [0.2, 0.25) is 0 Å². The van der Waals surface area contributed by atoms with Crippen LogP contribution < -0.4 is 32.7 Å². The lowest BCUT2D eigenvalue weighted by atomic mass is 9.78. The topological polar surface area (TPSA) is 228 Å². The Hall–Kier alpha value is -7.76. The van der Waals surface area contributed by atoms with E-state index in [9.17, 15) is 28.8 Å². The van der Waals surface area contributed by atoms with Crippen molar-refractivity contribution in [2.45, 2.75) is 91.3 Å². The van der Waals surface area contributed by atoms with Gasteiger partial charge in [-0.15, -0.1) is 0 Å². The maximum absolute atomic E-state index is 13.1. The first kappa shape index (κ1) is 63.8. The zero-order chi connectivity index (χ0) is 60.7. The summed E-state index contributed by atoms with van der Waals surface area (Å²) in [6.45, 7) is 18.8. The van der Waals surface area contributed by atoms with Gasteiger partial charge in [0.05, 0.1) is 22.7 Å². The van der Waals surface area contributed by atoms with E-state index < -0.39 is 22.2 Å². The standard InChI is InChI=1S/C28H30N4O2.C17H20N2O2.C13H24N2O2.C8H4Cl2O2.H2/c29-24-11-10-23(20-4-2-1-3-5-20)18-25(24)31-26(33)21-6-8-22(9-7-21)27(34)32-17-14-28(19-32)12-15-30-16-13-28;1-17(2,3)21-16(20)19-15-10-9-13(11-14(15)18)12-7-5-4-6-8-12;1-12(2,3)17-11(16)15-8-5-13(6-9-15)4-7-14-10-13;9-7(11)5-1-2-6(4-3-5)8(10)12;/h1-11,18,30H,12-17,19,29H2,(H,31,33);4-11H,18H2,1-3H3,(H,19,20);14H,4-10H2,1-3H3;1-4H;1H/i;;;;1+1. The molecule has 0 aliphatic carbocycles. The highest BCUT2D eigenvalue weighted by molar-refractivity contribution is 6.68. The molecular formula is C66H80Cl2N8O8. The van der Waals surface area contributed by atoms with Crippen LogP contribution in [0.15, 0.2) is 146 Å². The van der Waals surface area contributed by atoms with Crippen molar-refractivity contribution in [3.05, 3.63) is 168 Å². The molecule has 4 aliphatic rings. The van der Waals surface area contributed by atoms with E-state index in [1.807, 2.05) is 136 Å². The molecule has 6 aromatic carbocycles. The number of hydrogen-bond acceptors (Lipinski definition) is 12. The second-order valence-corrected chi connectivity index (χ2v) is 24.4. The Morgan fingerprint density at radius 3 is 1.49 bits per heavy atom. The minimum atomic E-state index is -0.552. The van der Waals surface area contributed by atoms with E-state index in [2.05, 4.69) is 21.3 Å². The van der Waals surface area contributed by atoms with Gasteiger partial charge in [0, 0.05) is 56.4 Å². The molecule has 0 radical (unpaired) electrons. The highest BCUT2D eigenvalue weighted by Gasteiger charge is 2.41. The van der Waals surface area contributed by atoms with E-state index in [4.69, 9.17) is 44.1 Å². The number of ether oxygens (including phenoxy) is 2. The smallest absolute Gasteiger partial charge is 0.412 e. The van der Waals surface area contributed by atoms with Crippen LogP contribution in [0.3, 0.4) is 0 Å². The molecule has 4 saturated heterocycles. The molecule has 6 aromatic rings. The van der Waals surface area contributed by atoms with Gasteiger partial charge in [0.25, 0.3) is 22.3 Å². The minimum absolute atomic E-state index is 0. The second-order valence-electron chi connectivity index (χ2n) is 23.7. The van der Waals surface area contributed by atoms with Crippen molar-refractivity contribution >= 4 is 80.4 Å². The minimum Gasteiger partial charge on any atom is -0.444 e. The summed E-state index contributed by atoms with van der Waals surface area (Å²) in [6, 6.07) is 43.7. The quantitative estimate of drug-likeness (QED) is 0.0618. The predicted octanol–water partition coefficient (Wildman–Crippen LogP) is 13.4. The van der Waals surface area contributed by atoms with Crippen LogP contribution in [0.25, 0.3) is 22.3 Å². The number of amides is 4. The van der Waals surface area contributed by atoms with Crippen molar-refractivity contribution < 1.29 is 39.7 Å². The molecule has 0 saturated carbocycles. The number of piperidine rings is 2. The van der Waals surface area contributed by atoms with E-state index in [0.717, 1.165) is 107 Å². The average Bonchev–Trinajstić information content (AvgIpc) is 4.08. The van der Waals surface area contributed by atoms with Crippen LogP contribution in [-0.2, 0) is 9.47 Å². The monoisotopic (exact) mass is 1180 g/mol. The van der Waals surface area contributed by atoms with Crippen LogP contribution >= 0.6 is 23.2 Å². The molecule has 84 heavy (non-hydrogen) atoms. The normalized spacial score (nSPS) is 15.9. The van der Waals surface area contributed by atoms with Gasteiger partial charge in [0.15, 0.2) is 0 Å². The summed E-state index contributed by atoms with van der Waals surface area (Å²) < 4.78 is 10.6. The molecule has 0 unspecified atom stereocenters. The summed E-state index contributed by atoms with van der Waals surface area (Å²) >= 11 is 10.4. The third kappa shape index (κ3) is 18.6. The van der Waals surface area contributed by atoms with Crippen molar-refractivity contribution in [3.8, 4) is 22.3 Å². The van der Waals surface area contributed by atoms with E-state index in [1.54, 1.807) is 36.4 Å². The van der Waals surface area contributed by atoms with Gasteiger partial charge in [-0.1, -0.05) is 72.8 Å². The van der Waals surface area contributed by atoms with Crippen molar-refractivity contribution in [1.29, 1.82) is 0 Å². The summed E-state index contributed by atoms with van der Waals surface area (Å²) in [4.78, 5) is 74.6. The molecule has 4 heterocycles. The number of nitrogens with one attached hydrogen (secondary N) is 4. The number of carbonyl (C=O) groups is 6. The molecule has 16 nitrogen and oxygen atoms in total. The number of nitrogens with zero attached hydrogens (tertiary/aromatic N) is 2. The fourth-order valence-electron chi connectivity index (χ4n) is 10.4. The lowest BCUT2D eigenvalue weighted by molar-refractivity contribution is 0.0119. The van der Waals surface area contributed by atoms with Gasteiger partial charge < -0.3 is 46.7 Å². The number of carbonyl (C=O) groups excluding carboxylic acids is 6. The molecule has 8 N–H and O–H groups in total. The number of halogens is 2. The number of benzene rings is 6. The predicted molar refractivity (Wildman–Crippen MR) is 338 cm³/mol. The molecule has 446 valence electrons. The van der Waals surface area contributed by atoms with Gasteiger partial charge in [0.1, 0.15) is 11.2 Å². The average molecular weight is 1190 g/mol. The Kier molecular flexibility index (Phi) is 21.8. The summed E-state index contributed by atoms with van der Waals surface area (Å²) in [5.41, 5.74) is 19.9. The molecule has 2 spiro atoms. The molecule has 0 bridgehead atoms. The van der Waals surface area contributed by atoms with Crippen molar-refractivity contribution in [2.75, 3.05) is 74.5 Å². The number of hydrogen-bond donors (Lipinski definition) is 6. The molecule has 4 amide bonds. The Balaban J connectivity index is 0.000000195. The fourth-order valence-corrected chi connectivity index (χ4v) is 10.7. The van der Waals surface area contributed by atoms with E-state index >= 15 is 0 Å². The Bertz CT molecular complexity index is 3190. The van der Waals surface area contributed by atoms with Crippen LogP contribution in [0.1, 0.15) is 123 Å². The van der Waals surface area contributed by atoms with Gasteiger partial charge in [-0.2, -0.15) is 0 Å². The second kappa shape index (κ2) is 28.7. The molecule has 18 heteroatoms. The number of rotatable bonds is 8.